The summed E-state index contributed by atoms with van der Waals surface area (Å²) in [5, 5.41) is 12.1. The van der Waals surface area contributed by atoms with Crippen molar-refractivity contribution in [1.82, 2.24) is 5.32 Å². The Bertz CT molecular complexity index is 164. The molecule has 0 spiro atoms. The van der Waals surface area contributed by atoms with E-state index in [1.807, 2.05) is 13.2 Å². The number of hydrogen-bond acceptors (Lipinski definition) is 3. The third-order valence-corrected chi connectivity index (χ3v) is 2.66. The van der Waals surface area contributed by atoms with E-state index in [0.717, 1.165) is 18.7 Å². The summed E-state index contributed by atoms with van der Waals surface area (Å²) in [4.78, 5) is 10.9. The van der Waals surface area contributed by atoms with Crippen LogP contribution in [0.2, 0.25) is 0 Å². The number of rotatable bonds is 7. The highest BCUT2D eigenvalue weighted by atomic mass is 32.2. The van der Waals surface area contributed by atoms with Gasteiger partial charge in [0, 0.05) is 12.3 Å². The molecule has 0 saturated carbocycles. The molecule has 2 N–H and O–H groups in total. The van der Waals surface area contributed by atoms with Gasteiger partial charge >= 0.3 is 5.97 Å². The summed E-state index contributed by atoms with van der Waals surface area (Å²) in [6.45, 7) is 4.50. The zero-order chi connectivity index (χ0) is 10.3. The summed E-state index contributed by atoms with van der Waals surface area (Å²) in [7, 11) is 0. The fourth-order valence-corrected chi connectivity index (χ4v) is 1.51. The molecular formula is C9H19NO2S. The molecule has 0 aromatic carbocycles. The molecule has 78 valence electrons. The van der Waals surface area contributed by atoms with Gasteiger partial charge in [-0.2, -0.15) is 11.8 Å². The van der Waals surface area contributed by atoms with Crippen molar-refractivity contribution < 1.29 is 9.90 Å². The van der Waals surface area contributed by atoms with Crippen molar-refractivity contribution in [2.75, 3.05) is 18.6 Å². The largest absolute Gasteiger partial charge is 0.480 e. The third kappa shape index (κ3) is 4.52. The van der Waals surface area contributed by atoms with Crippen LogP contribution in [0.15, 0.2) is 0 Å². The normalized spacial score (nSPS) is 15.3. The molecule has 0 fully saturated rings. The number of aliphatic carboxylic acids is 1. The monoisotopic (exact) mass is 205 g/mol. The minimum Gasteiger partial charge on any atom is -0.480 e. The number of carboxylic acid groups (broad SMARTS) is 1. The van der Waals surface area contributed by atoms with Crippen molar-refractivity contribution in [3.8, 4) is 0 Å². The van der Waals surface area contributed by atoms with E-state index in [2.05, 4.69) is 5.32 Å². The Kier molecular flexibility index (Phi) is 6.16. The number of hydrogen-bond donors (Lipinski definition) is 2. The SMILES string of the molecule is CCCC(C)(NCCSC)C(=O)O. The van der Waals surface area contributed by atoms with Crippen molar-refractivity contribution in [1.29, 1.82) is 0 Å². The van der Waals surface area contributed by atoms with Crippen LogP contribution in [0.3, 0.4) is 0 Å². The van der Waals surface area contributed by atoms with E-state index >= 15 is 0 Å². The van der Waals surface area contributed by atoms with Crippen LogP contribution in [0, 0.1) is 0 Å². The van der Waals surface area contributed by atoms with Gasteiger partial charge < -0.3 is 10.4 Å². The first kappa shape index (κ1) is 12.8. The maximum absolute atomic E-state index is 10.9. The van der Waals surface area contributed by atoms with Crippen molar-refractivity contribution >= 4 is 17.7 Å². The maximum Gasteiger partial charge on any atom is 0.323 e. The van der Waals surface area contributed by atoms with Crippen molar-refractivity contribution in [2.45, 2.75) is 32.2 Å². The van der Waals surface area contributed by atoms with Crippen LogP contribution in [0.4, 0.5) is 0 Å². The lowest BCUT2D eigenvalue weighted by atomic mass is 9.96. The second-order valence-corrected chi connectivity index (χ2v) is 4.29. The molecule has 1 unspecified atom stereocenters. The summed E-state index contributed by atoms with van der Waals surface area (Å²) in [5.41, 5.74) is -0.746. The smallest absolute Gasteiger partial charge is 0.323 e. The second-order valence-electron chi connectivity index (χ2n) is 3.31. The van der Waals surface area contributed by atoms with Crippen LogP contribution in [0.1, 0.15) is 26.7 Å². The molecule has 0 rings (SSSR count). The Balaban J connectivity index is 4.00. The molecule has 0 aliphatic carbocycles. The molecule has 0 saturated heterocycles. The first-order chi connectivity index (χ1) is 6.06. The summed E-state index contributed by atoms with van der Waals surface area (Å²) in [6, 6.07) is 0. The topological polar surface area (TPSA) is 49.3 Å². The van der Waals surface area contributed by atoms with Crippen LogP contribution in [-0.2, 0) is 4.79 Å². The molecule has 0 aliphatic rings. The molecule has 0 amide bonds. The van der Waals surface area contributed by atoms with E-state index in [4.69, 9.17) is 5.11 Å². The Morgan fingerprint density at radius 1 is 1.62 bits per heavy atom. The average molecular weight is 205 g/mol. The lowest BCUT2D eigenvalue weighted by Crippen LogP contribution is -2.50. The summed E-state index contributed by atoms with van der Waals surface area (Å²) in [5.74, 6) is 0.197. The highest BCUT2D eigenvalue weighted by Crippen LogP contribution is 2.12. The molecule has 1 atom stereocenters. The van der Waals surface area contributed by atoms with Crippen LogP contribution in [0.25, 0.3) is 0 Å². The zero-order valence-corrected chi connectivity index (χ0v) is 9.41. The van der Waals surface area contributed by atoms with Gasteiger partial charge in [-0.25, -0.2) is 0 Å². The van der Waals surface area contributed by atoms with E-state index in [1.165, 1.54) is 0 Å². The molecule has 13 heavy (non-hydrogen) atoms. The van der Waals surface area contributed by atoms with Crippen LogP contribution >= 0.6 is 11.8 Å². The molecule has 0 radical (unpaired) electrons. The number of nitrogens with one attached hydrogen (secondary N) is 1. The van der Waals surface area contributed by atoms with Gasteiger partial charge in [-0.05, 0) is 19.6 Å². The standard InChI is InChI=1S/C9H19NO2S/c1-4-5-9(2,8(11)12)10-6-7-13-3/h10H,4-7H2,1-3H3,(H,11,12). The third-order valence-electron chi connectivity index (χ3n) is 2.04. The van der Waals surface area contributed by atoms with Crippen LogP contribution in [0.5, 0.6) is 0 Å². The first-order valence-corrected chi connectivity index (χ1v) is 5.93. The highest BCUT2D eigenvalue weighted by molar-refractivity contribution is 7.98. The lowest BCUT2D eigenvalue weighted by Gasteiger charge is -2.25. The number of carboxylic acids is 1. The summed E-state index contributed by atoms with van der Waals surface area (Å²) in [6.07, 6.45) is 3.57. The van der Waals surface area contributed by atoms with Gasteiger partial charge in [0.05, 0.1) is 0 Å². The predicted octanol–water partition coefficient (Wildman–Crippen LogP) is 1.58. The highest BCUT2D eigenvalue weighted by Gasteiger charge is 2.30. The Morgan fingerprint density at radius 3 is 2.62 bits per heavy atom. The van der Waals surface area contributed by atoms with Gasteiger partial charge in [-0.3, -0.25) is 4.79 Å². The quantitative estimate of drug-likeness (QED) is 0.620. The lowest BCUT2D eigenvalue weighted by molar-refractivity contribution is -0.144. The van der Waals surface area contributed by atoms with Crippen molar-refractivity contribution in [3.05, 3.63) is 0 Å². The molecule has 0 heterocycles. The van der Waals surface area contributed by atoms with E-state index in [-0.39, 0.29) is 0 Å². The van der Waals surface area contributed by atoms with Crippen LogP contribution < -0.4 is 5.32 Å². The van der Waals surface area contributed by atoms with Gasteiger partial charge in [0.1, 0.15) is 5.54 Å². The molecule has 0 bridgehead atoms. The van der Waals surface area contributed by atoms with Gasteiger partial charge in [-0.15, -0.1) is 0 Å². The zero-order valence-electron chi connectivity index (χ0n) is 8.59. The van der Waals surface area contributed by atoms with Gasteiger partial charge in [-0.1, -0.05) is 13.3 Å². The average Bonchev–Trinajstić information content (AvgIpc) is 2.05. The van der Waals surface area contributed by atoms with E-state index in [1.54, 1.807) is 18.7 Å². The van der Waals surface area contributed by atoms with Crippen molar-refractivity contribution in [3.63, 3.8) is 0 Å². The molecular weight excluding hydrogens is 186 g/mol. The fourth-order valence-electron chi connectivity index (χ4n) is 1.20. The number of thioether (sulfide) groups is 1. The molecule has 0 aromatic heterocycles. The van der Waals surface area contributed by atoms with Crippen molar-refractivity contribution in [2.24, 2.45) is 0 Å². The molecule has 0 aromatic rings. The molecule has 0 aliphatic heterocycles. The number of carbonyl (C=O) groups is 1. The fraction of sp³-hybridized carbons (Fsp3) is 0.889. The second kappa shape index (κ2) is 6.27. The Labute approximate surface area is 84.3 Å². The van der Waals surface area contributed by atoms with Gasteiger partial charge in [0.15, 0.2) is 0 Å². The first-order valence-electron chi connectivity index (χ1n) is 4.54. The van der Waals surface area contributed by atoms with E-state index in [0.29, 0.717) is 6.42 Å². The molecule has 3 nitrogen and oxygen atoms in total. The van der Waals surface area contributed by atoms with Crippen LogP contribution in [-0.4, -0.2) is 35.2 Å². The molecule has 4 heteroatoms. The van der Waals surface area contributed by atoms with Gasteiger partial charge in [0.25, 0.3) is 0 Å². The summed E-state index contributed by atoms with van der Waals surface area (Å²) < 4.78 is 0. The maximum atomic E-state index is 10.9. The Morgan fingerprint density at radius 2 is 2.23 bits per heavy atom. The summed E-state index contributed by atoms with van der Waals surface area (Å²) >= 11 is 1.72. The minimum atomic E-state index is -0.754. The van der Waals surface area contributed by atoms with Gasteiger partial charge in [0.2, 0.25) is 0 Å². The van der Waals surface area contributed by atoms with E-state index in [9.17, 15) is 4.79 Å². The minimum absolute atomic E-state index is 0.677. The predicted molar refractivity (Wildman–Crippen MR) is 57.3 cm³/mol. The Hall–Kier alpha value is -0.220. The van der Waals surface area contributed by atoms with E-state index < -0.39 is 11.5 Å².